The Labute approximate surface area is 135 Å². The Hall–Kier alpha value is 0.260. The van der Waals surface area contributed by atoms with E-state index >= 15 is 0 Å². The summed E-state index contributed by atoms with van der Waals surface area (Å²) >= 11 is 7.63. The number of hydrogen-bond acceptors (Lipinski definition) is 0. The van der Waals surface area contributed by atoms with Gasteiger partial charge in [-0.05, 0) is 17.0 Å². The highest BCUT2D eigenvalue weighted by molar-refractivity contribution is 9.11. The molecule has 4 atom stereocenters. The third kappa shape index (κ3) is 6.05. The Morgan fingerprint density at radius 1 is 0.684 bits per heavy atom. The second-order valence-corrected chi connectivity index (χ2v) is 11.2. The minimum atomic E-state index is 0.551. The van der Waals surface area contributed by atoms with E-state index < -0.39 is 0 Å². The molecule has 0 aliphatic carbocycles. The summed E-state index contributed by atoms with van der Waals surface area (Å²) in [5.41, 5.74) is 0. The van der Waals surface area contributed by atoms with Gasteiger partial charge in [0, 0.05) is 9.14 Å². The summed E-state index contributed by atoms with van der Waals surface area (Å²) < 4.78 is 1.10. The lowest BCUT2D eigenvalue weighted by atomic mass is 10.4. The molecule has 0 fully saturated rings. The van der Waals surface area contributed by atoms with Crippen LogP contribution in [0.15, 0.2) is 60.7 Å². The van der Waals surface area contributed by atoms with Crippen molar-refractivity contribution in [3.8, 4) is 0 Å². The minimum absolute atomic E-state index is 0.551. The molecular formula is C15H16Br2P2. The summed E-state index contributed by atoms with van der Waals surface area (Å²) in [5.74, 6) is 0. The first-order valence-corrected chi connectivity index (χ1v) is 10.1. The van der Waals surface area contributed by atoms with Gasteiger partial charge >= 0.3 is 0 Å². The van der Waals surface area contributed by atoms with Crippen molar-refractivity contribution in [2.45, 2.75) is 15.6 Å². The summed E-state index contributed by atoms with van der Waals surface area (Å²) in [5, 5.41) is 2.85. The standard InChI is InChI=1S/C15H16Br2P2/c16-14(18-12-7-3-1-4-8-12)11-15(17)19-13-9-5-2-6-10-13/h1-10,14-15,18-19H,11H2. The first-order valence-electron chi connectivity index (χ1n) is 6.15. The Kier molecular flexibility index (Phi) is 7.02. The van der Waals surface area contributed by atoms with Crippen molar-refractivity contribution in [1.29, 1.82) is 0 Å². The normalized spacial score (nSPS) is 15.3. The molecular weight excluding hydrogens is 402 g/mol. The predicted molar refractivity (Wildman–Crippen MR) is 98.8 cm³/mol. The first kappa shape index (κ1) is 15.6. The molecule has 2 aromatic carbocycles. The lowest BCUT2D eigenvalue weighted by Crippen LogP contribution is -2.06. The first-order chi connectivity index (χ1) is 9.24. The third-order valence-electron chi connectivity index (χ3n) is 2.61. The Morgan fingerprint density at radius 3 is 1.42 bits per heavy atom. The van der Waals surface area contributed by atoms with Crippen LogP contribution in [0.3, 0.4) is 0 Å². The Morgan fingerprint density at radius 2 is 1.05 bits per heavy atom. The molecule has 4 unspecified atom stereocenters. The highest BCUT2D eigenvalue weighted by Crippen LogP contribution is 2.36. The van der Waals surface area contributed by atoms with Gasteiger partial charge < -0.3 is 0 Å². The van der Waals surface area contributed by atoms with Gasteiger partial charge in [-0.2, -0.15) is 0 Å². The van der Waals surface area contributed by atoms with Crippen molar-refractivity contribution in [2.75, 3.05) is 0 Å². The summed E-state index contributed by atoms with van der Waals surface area (Å²) in [6.07, 6.45) is 1.15. The van der Waals surface area contributed by atoms with Crippen LogP contribution in [-0.4, -0.2) is 9.14 Å². The minimum Gasteiger partial charge on any atom is -0.0838 e. The summed E-state index contributed by atoms with van der Waals surface area (Å²) in [4.78, 5) is 0. The molecule has 4 heteroatoms. The zero-order chi connectivity index (χ0) is 13.5. The molecule has 0 spiro atoms. The molecule has 19 heavy (non-hydrogen) atoms. The van der Waals surface area contributed by atoms with Crippen LogP contribution < -0.4 is 10.6 Å². The number of hydrogen-bond donors (Lipinski definition) is 0. The predicted octanol–water partition coefficient (Wildman–Crippen LogP) is 4.83. The van der Waals surface area contributed by atoms with E-state index in [1.165, 1.54) is 10.6 Å². The van der Waals surface area contributed by atoms with Gasteiger partial charge in [0.15, 0.2) is 0 Å². The van der Waals surface area contributed by atoms with Crippen LogP contribution >= 0.6 is 49.0 Å². The highest BCUT2D eigenvalue weighted by Gasteiger charge is 2.12. The quantitative estimate of drug-likeness (QED) is 0.466. The fourth-order valence-electron chi connectivity index (χ4n) is 1.73. The fourth-order valence-corrected chi connectivity index (χ4v) is 7.69. The van der Waals surface area contributed by atoms with Gasteiger partial charge in [-0.3, -0.25) is 0 Å². The van der Waals surface area contributed by atoms with Crippen molar-refractivity contribution in [2.24, 2.45) is 0 Å². The smallest absolute Gasteiger partial charge is 0.0373 e. The van der Waals surface area contributed by atoms with Crippen molar-refractivity contribution in [3.63, 3.8) is 0 Å². The largest absolute Gasteiger partial charge is 0.0838 e. The van der Waals surface area contributed by atoms with Gasteiger partial charge in [0.25, 0.3) is 0 Å². The van der Waals surface area contributed by atoms with Crippen molar-refractivity contribution >= 4 is 59.6 Å². The van der Waals surface area contributed by atoms with Gasteiger partial charge in [-0.1, -0.05) is 110 Å². The molecule has 2 rings (SSSR count). The lowest BCUT2D eigenvalue weighted by Gasteiger charge is -2.15. The molecule has 0 aliphatic heterocycles. The molecule has 0 N–H and O–H groups in total. The van der Waals surface area contributed by atoms with Crippen LogP contribution in [0.5, 0.6) is 0 Å². The zero-order valence-electron chi connectivity index (χ0n) is 10.4. The number of halogens is 2. The van der Waals surface area contributed by atoms with E-state index in [0.717, 1.165) is 23.6 Å². The molecule has 0 saturated heterocycles. The Bertz CT molecular complexity index is 431. The van der Waals surface area contributed by atoms with Crippen LogP contribution in [0.2, 0.25) is 0 Å². The molecule has 0 aromatic heterocycles. The molecule has 0 bridgehead atoms. The number of benzene rings is 2. The molecule has 2 aromatic rings. The third-order valence-corrected chi connectivity index (χ3v) is 7.16. The van der Waals surface area contributed by atoms with Gasteiger partial charge in [0.1, 0.15) is 0 Å². The van der Waals surface area contributed by atoms with Crippen LogP contribution in [0, 0.1) is 0 Å². The van der Waals surface area contributed by atoms with Gasteiger partial charge in [0.05, 0.1) is 0 Å². The molecule has 0 nitrogen and oxygen atoms in total. The average molecular weight is 418 g/mol. The maximum absolute atomic E-state index is 3.82. The van der Waals surface area contributed by atoms with Crippen LogP contribution in [0.4, 0.5) is 0 Å². The Balaban J connectivity index is 1.80. The molecule has 100 valence electrons. The maximum Gasteiger partial charge on any atom is 0.0373 e. The van der Waals surface area contributed by atoms with Crippen LogP contribution in [0.1, 0.15) is 6.42 Å². The topological polar surface area (TPSA) is 0 Å². The zero-order valence-corrected chi connectivity index (χ0v) is 15.6. The van der Waals surface area contributed by atoms with E-state index in [9.17, 15) is 0 Å². The number of rotatable bonds is 6. The molecule has 0 saturated carbocycles. The van der Waals surface area contributed by atoms with Crippen LogP contribution in [-0.2, 0) is 0 Å². The van der Waals surface area contributed by atoms with Gasteiger partial charge in [-0.25, -0.2) is 0 Å². The van der Waals surface area contributed by atoms with Gasteiger partial charge in [0.2, 0.25) is 0 Å². The average Bonchev–Trinajstić information content (AvgIpc) is 2.40. The van der Waals surface area contributed by atoms with Gasteiger partial charge in [-0.15, -0.1) is 0 Å². The van der Waals surface area contributed by atoms with E-state index in [2.05, 4.69) is 92.5 Å². The summed E-state index contributed by atoms with van der Waals surface area (Å²) in [6, 6.07) is 21.4. The van der Waals surface area contributed by atoms with Crippen molar-refractivity contribution in [1.82, 2.24) is 0 Å². The highest BCUT2D eigenvalue weighted by atomic mass is 79.9. The second kappa shape index (κ2) is 8.53. The lowest BCUT2D eigenvalue weighted by molar-refractivity contribution is 1.05. The van der Waals surface area contributed by atoms with E-state index in [-0.39, 0.29) is 0 Å². The van der Waals surface area contributed by atoms with E-state index in [1.54, 1.807) is 0 Å². The molecule has 0 amide bonds. The van der Waals surface area contributed by atoms with Crippen molar-refractivity contribution < 1.29 is 0 Å². The number of alkyl halides is 2. The summed E-state index contributed by atoms with van der Waals surface area (Å²) in [7, 11) is 1.65. The summed E-state index contributed by atoms with van der Waals surface area (Å²) in [6.45, 7) is 0. The van der Waals surface area contributed by atoms with Crippen molar-refractivity contribution in [3.05, 3.63) is 60.7 Å². The van der Waals surface area contributed by atoms with Crippen LogP contribution in [0.25, 0.3) is 0 Å². The SMILES string of the molecule is BrC(CC(Br)Pc1ccccc1)Pc1ccccc1. The molecule has 0 heterocycles. The second-order valence-electron chi connectivity index (χ2n) is 4.19. The monoisotopic (exact) mass is 416 g/mol. The van der Waals surface area contributed by atoms with E-state index in [1.807, 2.05) is 0 Å². The maximum atomic E-state index is 3.82. The van der Waals surface area contributed by atoms with E-state index in [0.29, 0.717) is 9.14 Å². The molecule has 0 radical (unpaired) electrons. The fraction of sp³-hybridized carbons (Fsp3) is 0.200. The van der Waals surface area contributed by atoms with E-state index in [4.69, 9.17) is 0 Å². The molecule has 0 aliphatic rings.